The number of nitrogens with zero attached hydrogens (tertiary/aromatic N) is 2. The van der Waals surface area contributed by atoms with Gasteiger partial charge in [0, 0.05) is 31.4 Å². The molecule has 150 valence electrons. The van der Waals surface area contributed by atoms with Crippen molar-refractivity contribution in [2.45, 2.75) is 6.42 Å². The molecule has 1 N–H and O–H groups in total. The Bertz CT molecular complexity index is 821. The van der Waals surface area contributed by atoms with Crippen LogP contribution in [0.5, 0.6) is 11.5 Å². The van der Waals surface area contributed by atoms with Gasteiger partial charge in [-0.1, -0.05) is 6.07 Å². The molecule has 0 bridgehead atoms. The fourth-order valence-electron chi connectivity index (χ4n) is 3.22. The molecule has 3 rings (SSSR count). The van der Waals surface area contributed by atoms with Crippen molar-refractivity contribution in [3.8, 4) is 11.5 Å². The maximum atomic E-state index is 11.4. The summed E-state index contributed by atoms with van der Waals surface area (Å²) in [6, 6.07) is 10.9. The smallest absolute Gasteiger partial charge is 0.292 e. The highest BCUT2D eigenvalue weighted by Crippen LogP contribution is 2.31. The third-order valence-electron chi connectivity index (χ3n) is 4.73. The molecule has 28 heavy (non-hydrogen) atoms. The minimum atomic E-state index is -0.359. The first-order valence-corrected chi connectivity index (χ1v) is 9.18. The predicted octanol–water partition coefficient (Wildman–Crippen LogP) is 3.10. The molecule has 0 radical (unpaired) electrons. The second kappa shape index (κ2) is 9.27. The molecule has 2 aromatic rings. The van der Waals surface area contributed by atoms with E-state index in [4.69, 9.17) is 14.2 Å². The number of rotatable bonds is 8. The van der Waals surface area contributed by atoms with Gasteiger partial charge in [-0.05, 0) is 36.2 Å². The number of hydrogen-bond donors (Lipinski definition) is 1. The minimum Gasteiger partial charge on any atom is -0.493 e. The van der Waals surface area contributed by atoms with Crippen LogP contribution in [0, 0.1) is 10.1 Å². The molecule has 1 saturated heterocycles. The normalized spacial score (nSPS) is 13.9. The molecule has 1 fully saturated rings. The van der Waals surface area contributed by atoms with Crippen LogP contribution in [0.25, 0.3) is 0 Å². The van der Waals surface area contributed by atoms with Crippen LogP contribution in [0.2, 0.25) is 0 Å². The molecule has 0 aromatic heterocycles. The summed E-state index contributed by atoms with van der Waals surface area (Å²) in [4.78, 5) is 13.2. The van der Waals surface area contributed by atoms with Gasteiger partial charge in [-0.2, -0.15) is 0 Å². The number of nitrogens with one attached hydrogen (secondary N) is 1. The SMILES string of the molecule is COc1ccc(CCNc2cc(N3CCOCC3)ccc2[N+](=O)[O-])cc1OC. The average Bonchev–Trinajstić information content (AvgIpc) is 2.74. The fraction of sp³-hybridized carbons (Fsp3) is 0.400. The number of nitro benzene ring substituents is 1. The lowest BCUT2D eigenvalue weighted by Crippen LogP contribution is -2.36. The van der Waals surface area contributed by atoms with Crippen molar-refractivity contribution in [1.29, 1.82) is 0 Å². The van der Waals surface area contributed by atoms with Gasteiger partial charge in [-0.3, -0.25) is 10.1 Å². The lowest BCUT2D eigenvalue weighted by molar-refractivity contribution is -0.383. The number of hydrogen-bond acceptors (Lipinski definition) is 7. The molecule has 0 amide bonds. The first-order chi connectivity index (χ1) is 13.6. The van der Waals surface area contributed by atoms with Gasteiger partial charge < -0.3 is 24.4 Å². The average molecular weight is 387 g/mol. The van der Waals surface area contributed by atoms with Gasteiger partial charge in [0.05, 0.1) is 32.4 Å². The van der Waals surface area contributed by atoms with Crippen LogP contribution < -0.4 is 19.7 Å². The van der Waals surface area contributed by atoms with E-state index in [2.05, 4.69) is 10.2 Å². The van der Waals surface area contributed by atoms with Gasteiger partial charge in [0.1, 0.15) is 5.69 Å². The van der Waals surface area contributed by atoms with Crippen molar-refractivity contribution in [3.63, 3.8) is 0 Å². The molecule has 8 heteroatoms. The fourth-order valence-corrected chi connectivity index (χ4v) is 3.22. The lowest BCUT2D eigenvalue weighted by atomic mass is 10.1. The topological polar surface area (TPSA) is 86.1 Å². The molecule has 0 unspecified atom stereocenters. The summed E-state index contributed by atoms with van der Waals surface area (Å²) in [7, 11) is 3.19. The summed E-state index contributed by atoms with van der Waals surface area (Å²) in [6.45, 7) is 3.45. The van der Waals surface area contributed by atoms with Crippen LogP contribution in [0.1, 0.15) is 5.56 Å². The molecular weight excluding hydrogens is 362 g/mol. The zero-order chi connectivity index (χ0) is 19.9. The quantitative estimate of drug-likeness (QED) is 0.550. The van der Waals surface area contributed by atoms with Crippen molar-refractivity contribution >= 4 is 17.1 Å². The highest BCUT2D eigenvalue weighted by molar-refractivity contribution is 5.69. The summed E-state index contributed by atoms with van der Waals surface area (Å²) in [5.41, 5.74) is 2.61. The van der Waals surface area contributed by atoms with E-state index < -0.39 is 0 Å². The Labute approximate surface area is 164 Å². The molecule has 1 aliphatic rings. The predicted molar refractivity (Wildman–Crippen MR) is 108 cm³/mol. The number of methoxy groups -OCH3 is 2. The number of benzene rings is 2. The van der Waals surface area contributed by atoms with Gasteiger partial charge >= 0.3 is 0 Å². The Morgan fingerprint density at radius 1 is 1.11 bits per heavy atom. The number of morpholine rings is 1. The van der Waals surface area contributed by atoms with Gasteiger partial charge in [0.25, 0.3) is 5.69 Å². The minimum absolute atomic E-state index is 0.0734. The first kappa shape index (κ1) is 19.8. The summed E-state index contributed by atoms with van der Waals surface area (Å²) < 4.78 is 16.0. The Kier molecular flexibility index (Phi) is 6.54. The van der Waals surface area contributed by atoms with E-state index in [9.17, 15) is 10.1 Å². The third kappa shape index (κ3) is 4.64. The molecule has 1 heterocycles. The number of anilines is 2. The van der Waals surface area contributed by atoms with Gasteiger partial charge in [-0.25, -0.2) is 0 Å². The van der Waals surface area contributed by atoms with E-state index >= 15 is 0 Å². The number of ether oxygens (including phenoxy) is 3. The number of nitro groups is 1. The second-order valence-corrected chi connectivity index (χ2v) is 6.42. The van der Waals surface area contributed by atoms with Gasteiger partial charge in [0.2, 0.25) is 0 Å². The van der Waals surface area contributed by atoms with Crippen LogP contribution in [-0.4, -0.2) is 52.0 Å². The zero-order valence-electron chi connectivity index (χ0n) is 16.1. The van der Waals surface area contributed by atoms with Crippen molar-refractivity contribution in [2.75, 3.05) is 57.3 Å². The van der Waals surface area contributed by atoms with Crippen LogP contribution in [-0.2, 0) is 11.2 Å². The van der Waals surface area contributed by atoms with Crippen molar-refractivity contribution < 1.29 is 19.1 Å². The molecule has 0 saturated carbocycles. The maximum Gasteiger partial charge on any atom is 0.292 e. The van der Waals surface area contributed by atoms with Crippen molar-refractivity contribution in [1.82, 2.24) is 0 Å². The first-order valence-electron chi connectivity index (χ1n) is 9.18. The van der Waals surface area contributed by atoms with E-state index in [1.54, 1.807) is 26.4 Å². The van der Waals surface area contributed by atoms with Crippen LogP contribution in [0.15, 0.2) is 36.4 Å². The highest BCUT2D eigenvalue weighted by Gasteiger charge is 2.18. The third-order valence-corrected chi connectivity index (χ3v) is 4.73. The van der Waals surface area contributed by atoms with Crippen LogP contribution >= 0.6 is 0 Å². The monoisotopic (exact) mass is 387 g/mol. The molecule has 8 nitrogen and oxygen atoms in total. The Morgan fingerprint density at radius 3 is 2.54 bits per heavy atom. The van der Waals surface area contributed by atoms with E-state index in [1.165, 1.54) is 0 Å². The molecule has 1 aliphatic heterocycles. The van der Waals surface area contributed by atoms with Crippen LogP contribution in [0.4, 0.5) is 17.1 Å². The Balaban J connectivity index is 1.70. The molecular formula is C20H25N3O5. The molecule has 0 spiro atoms. The summed E-state index contributed by atoms with van der Waals surface area (Å²) in [5.74, 6) is 1.34. The summed E-state index contributed by atoms with van der Waals surface area (Å²) >= 11 is 0. The largest absolute Gasteiger partial charge is 0.493 e. The summed E-state index contributed by atoms with van der Waals surface area (Å²) in [5, 5.41) is 14.6. The van der Waals surface area contributed by atoms with E-state index in [0.29, 0.717) is 43.4 Å². The molecule has 2 aromatic carbocycles. The lowest BCUT2D eigenvalue weighted by Gasteiger charge is -2.29. The van der Waals surface area contributed by atoms with Gasteiger partial charge in [0.15, 0.2) is 11.5 Å². The highest BCUT2D eigenvalue weighted by atomic mass is 16.6. The Morgan fingerprint density at radius 2 is 1.86 bits per heavy atom. The second-order valence-electron chi connectivity index (χ2n) is 6.42. The Hall–Kier alpha value is -3.00. The van der Waals surface area contributed by atoms with E-state index in [1.807, 2.05) is 24.3 Å². The molecule has 0 atom stereocenters. The zero-order valence-corrected chi connectivity index (χ0v) is 16.1. The van der Waals surface area contributed by atoms with E-state index in [-0.39, 0.29) is 10.6 Å². The van der Waals surface area contributed by atoms with E-state index in [0.717, 1.165) is 24.3 Å². The summed E-state index contributed by atoms with van der Waals surface area (Å²) in [6.07, 6.45) is 0.694. The molecule has 0 aliphatic carbocycles. The standard InChI is InChI=1S/C20H25N3O5/c1-26-19-6-3-15(13-20(19)27-2)7-8-21-17-14-16(4-5-18(17)23(24)25)22-9-11-28-12-10-22/h3-6,13-14,21H,7-12H2,1-2H3. The maximum absolute atomic E-state index is 11.4. The van der Waals surface area contributed by atoms with Crippen molar-refractivity contribution in [3.05, 3.63) is 52.1 Å². The van der Waals surface area contributed by atoms with Crippen molar-refractivity contribution in [2.24, 2.45) is 0 Å². The van der Waals surface area contributed by atoms with Gasteiger partial charge in [-0.15, -0.1) is 0 Å². The van der Waals surface area contributed by atoms with Crippen LogP contribution in [0.3, 0.4) is 0 Å².